The number of ether oxygens (including phenoxy) is 2. The fourth-order valence-electron chi connectivity index (χ4n) is 3.55. The summed E-state index contributed by atoms with van der Waals surface area (Å²) in [4.78, 5) is 18.5. The van der Waals surface area contributed by atoms with Gasteiger partial charge in [-0.25, -0.2) is 9.37 Å². The van der Waals surface area contributed by atoms with Gasteiger partial charge in [-0.15, -0.1) is 0 Å². The number of amides is 1. The number of nitrogens with zero attached hydrogens (tertiary/aromatic N) is 3. The summed E-state index contributed by atoms with van der Waals surface area (Å²) in [6.07, 6.45) is 3.66. The summed E-state index contributed by atoms with van der Waals surface area (Å²) in [6.45, 7) is 2.61. The van der Waals surface area contributed by atoms with Gasteiger partial charge in [0.2, 0.25) is 0 Å². The molecule has 0 aromatic carbocycles. The average Bonchev–Trinajstić information content (AvgIpc) is 3.23. The van der Waals surface area contributed by atoms with Crippen LogP contribution in [-0.2, 0) is 4.74 Å². The van der Waals surface area contributed by atoms with Crippen LogP contribution in [0.4, 0.5) is 4.39 Å². The van der Waals surface area contributed by atoms with Crippen molar-refractivity contribution >= 4 is 5.91 Å². The molecule has 1 saturated carbocycles. The maximum atomic E-state index is 13.8. The minimum absolute atomic E-state index is 0.0323. The zero-order valence-electron chi connectivity index (χ0n) is 13.7. The van der Waals surface area contributed by atoms with Crippen molar-refractivity contribution < 1.29 is 23.2 Å². The van der Waals surface area contributed by atoms with Crippen molar-refractivity contribution in [1.29, 1.82) is 0 Å². The minimum Gasteiger partial charge on any atom is -0.469 e. The van der Waals surface area contributed by atoms with Crippen molar-refractivity contribution in [2.45, 2.75) is 38.0 Å². The summed E-state index contributed by atoms with van der Waals surface area (Å²) in [5.41, 5.74) is 0.459. The number of rotatable bonds is 3. The predicted molar refractivity (Wildman–Crippen MR) is 83.6 cm³/mol. The first-order valence-corrected chi connectivity index (χ1v) is 8.26. The highest BCUT2D eigenvalue weighted by Crippen LogP contribution is 2.34. The molecule has 132 valence electrons. The van der Waals surface area contributed by atoms with Crippen molar-refractivity contribution in [1.82, 2.24) is 15.0 Å². The molecule has 1 amide bonds. The molecular formula is C17H18FN3O4. The van der Waals surface area contributed by atoms with Crippen LogP contribution >= 0.6 is 0 Å². The van der Waals surface area contributed by atoms with Gasteiger partial charge in [-0.1, -0.05) is 5.16 Å². The lowest BCUT2D eigenvalue weighted by molar-refractivity contribution is -0.0799. The Morgan fingerprint density at radius 1 is 1.44 bits per heavy atom. The second-order valence-electron chi connectivity index (χ2n) is 6.22. The fraction of sp³-hybridized carbons (Fsp3) is 0.471. The van der Waals surface area contributed by atoms with Crippen LogP contribution < -0.4 is 4.74 Å². The lowest BCUT2D eigenvalue weighted by Gasteiger charge is -2.38. The molecule has 0 radical (unpaired) electrons. The lowest BCUT2D eigenvalue weighted by Crippen LogP contribution is -2.54. The summed E-state index contributed by atoms with van der Waals surface area (Å²) in [7, 11) is 0. The molecule has 8 heteroatoms. The number of carbonyl (C=O) groups is 1. The van der Waals surface area contributed by atoms with E-state index in [0.717, 1.165) is 6.42 Å². The summed E-state index contributed by atoms with van der Waals surface area (Å²) in [6, 6.07) is 2.70. The Hall–Kier alpha value is -2.48. The van der Waals surface area contributed by atoms with Gasteiger partial charge in [-0.3, -0.25) is 4.79 Å². The van der Waals surface area contributed by atoms with E-state index in [-0.39, 0.29) is 30.0 Å². The minimum atomic E-state index is -0.505. The molecule has 7 nitrogen and oxygen atoms in total. The Bertz CT molecular complexity index is 781. The third-order valence-electron chi connectivity index (χ3n) is 4.77. The number of hydrogen-bond donors (Lipinski definition) is 0. The SMILES string of the molecule is Cc1oncc1C(=O)N1CCO[C@H]2[C@@H](Oc3ncccc3F)CC[C@@H]21. The molecule has 1 saturated heterocycles. The number of hydrogen-bond acceptors (Lipinski definition) is 6. The fourth-order valence-corrected chi connectivity index (χ4v) is 3.55. The second-order valence-corrected chi connectivity index (χ2v) is 6.22. The number of pyridine rings is 1. The van der Waals surface area contributed by atoms with Gasteiger partial charge in [0, 0.05) is 12.7 Å². The highest BCUT2D eigenvalue weighted by Gasteiger charge is 2.46. The summed E-state index contributed by atoms with van der Waals surface area (Å²) >= 11 is 0. The van der Waals surface area contributed by atoms with E-state index in [0.29, 0.717) is 30.9 Å². The van der Waals surface area contributed by atoms with E-state index in [2.05, 4.69) is 10.1 Å². The molecule has 0 N–H and O–H groups in total. The van der Waals surface area contributed by atoms with Crippen molar-refractivity contribution in [2.75, 3.05) is 13.2 Å². The molecule has 3 atom stereocenters. The Kier molecular flexibility index (Phi) is 4.12. The maximum absolute atomic E-state index is 13.8. The van der Waals surface area contributed by atoms with Crippen LogP contribution in [0, 0.1) is 12.7 Å². The van der Waals surface area contributed by atoms with Crippen LogP contribution in [0.15, 0.2) is 29.0 Å². The van der Waals surface area contributed by atoms with Crippen LogP contribution in [0.1, 0.15) is 29.0 Å². The Labute approximate surface area is 143 Å². The third kappa shape index (κ3) is 2.86. The van der Waals surface area contributed by atoms with Crippen LogP contribution in [0.2, 0.25) is 0 Å². The number of fused-ring (bicyclic) bond motifs is 1. The predicted octanol–water partition coefficient (Wildman–Crippen LogP) is 1.97. The first-order valence-electron chi connectivity index (χ1n) is 8.26. The largest absolute Gasteiger partial charge is 0.469 e. The first-order chi connectivity index (χ1) is 12.1. The average molecular weight is 347 g/mol. The monoisotopic (exact) mass is 347 g/mol. The first kappa shape index (κ1) is 16.0. The molecule has 0 spiro atoms. The third-order valence-corrected chi connectivity index (χ3v) is 4.77. The van der Waals surface area contributed by atoms with Gasteiger partial charge < -0.3 is 18.9 Å². The second kappa shape index (κ2) is 6.44. The van der Waals surface area contributed by atoms with Gasteiger partial charge in [-0.2, -0.15) is 0 Å². The summed E-state index contributed by atoms with van der Waals surface area (Å²) in [5.74, 6) is -0.166. The van der Waals surface area contributed by atoms with E-state index in [1.807, 2.05) is 0 Å². The molecule has 4 rings (SSSR count). The van der Waals surface area contributed by atoms with E-state index >= 15 is 0 Å². The number of aromatic nitrogens is 2. The van der Waals surface area contributed by atoms with Gasteiger partial charge in [0.05, 0.1) is 18.8 Å². The van der Waals surface area contributed by atoms with Gasteiger partial charge >= 0.3 is 0 Å². The Balaban J connectivity index is 1.52. The van der Waals surface area contributed by atoms with E-state index in [4.69, 9.17) is 14.0 Å². The van der Waals surface area contributed by atoms with Gasteiger partial charge in [0.15, 0.2) is 5.82 Å². The Morgan fingerprint density at radius 3 is 3.08 bits per heavy atom. The molecule has 1 aliphatic heterocycles. The maximum Gasteiger partial charge on any atom is 0.259 e. The number of halogens is 1. The van der Waals surface area contributed by atoms with Crippen molar-refractivity contribution in [2.24, 2.45) is 0 Å². The van der Waals surface area contributed by atoms with Gasteiger partial charge in [-0.05, 0) is 31.9 Å². The van der Waals surface area contributed by atoms with Gasteiger partial charge in [0.1, 0.15) is 23.5 Å². The van der Waals surface area contributed by atoms with Crippen LogP contribution in [0.3, 0.4) is 0 Å². The molecule has 0 unspecified atom stereocenters. The molecule has 3 heterocycles. The van der Waals surface area contributed by atoms with E-state index in [9.17, 15) is 9.18 Å². The standard InChI is InChI=1S/C17H18FN3O4/c1-10-11(9-20-25-10)17(22)21-7-8-23-15-13(21)4-5-14(15)24-16-12(18)3-2-6-19-16/h2-3,6,9,13-15H,4-5,7-8H2,1H3/t13-,14-,15+/m0/s1. The molecule has 2 aromatic rings. The van der Waals surface area contributed by atoms with Crippen LogP contribution in [0.25, 0.3) is 0 Å². The summed E-state index contributed by atoms with van der Waals surface area (Å²) in [5, 5.41) is 3.68. The molecule has 2 fully saturated rings. The molecule has 1 aliphatic carbocycles. The molecule has 25 heavy (non-hydrogen) atoms. The van der Waals surface area contributed by atoms with Crippen LogP contribution in [0.5, 0.6) is 5.88 Å². The highest BCUT2D eigenvalue weighted by molar-refractivity contribution is 5.95. The zero-order valence-corrected chi connectivity index (χ0v) is 13.7. The number of morpholine rings is 1. The lowest BCUT2D eigenvalue weighted by atomic mass is 10.1. The zero-order chi connectivity index (χ0) is 17.4. The summed E-state index contributed by atoms with van der Waals surface area (Å²) < 4.78 is 30.4. The topological polar surface area (TPSA) is 77.7 Å². The molecule has 2 aromatic heterocycles. The van der Waals surface area contributed by atoms with E-state index in [1.165, 1.54) is 24.5 Å². The van der Waals surface area contributed by atoms with Crippen molar-refractivity contribution in [3.05, 3.63) is 41.7 Å². The van der Waals surface area contributed by atoms with Crippen LogP contribution in [-0.4, -0.2) is 52.3 Å². The Morgan fingerprint density at radius 2 is 2.32 bits per heavy atom. The smallest absolute Gasteiger partial charge is 0.259 e. The highest BCUT2D eigenvalue weighted by atomic mass is 19.1. The van der Waals surface area contributed by atoms with Crippen molar-refractivity contribution in [3.63, 3.8) is 0 Å². The van der Waals surface area contributed by atoms with Crippen molar-refractivity contribution in [3.8, 4) is 5.88 Å². The quantitative estimate of drug-likeness (QED) is 0.845. The van der Waals surface area contributed by atoms with E-state index in [1.54, 1.807) is 11.8 Å². The normalized spacial score (nSPS) is 25.7. The molecule has 2 aliphatic rings. The molecular weight excluding hydrogens is 329 g/mol. The number of carbonyl (C=O) groups excluding carboxylic acids is 1. The van der Waals surface area contributed by atoms with Gasteiger partial charge in [0.25, 0.3) is 11.8 Å². The van der Waals surface area contributed by atoms with E-state index < -0.39 is 5.82 Å². The number of aryl methyl sites for hydroxylation is 1. The molecule has 0 bridgehead atoms.